The molecule has 0 aromatic heterocycles. The number of unbranched alkanes of at least 4 members (excludes halogenated alkanes) is 1. The maximum atomic E-state index is 12.5. The number of hydrogen-bond acceptors (Lipinski definition) is 1. The quantitative estimate of drug-likeness (QED) is 0.685. The van der Waals surface area contributed by atoms with Crippen molar-refractivity contribution in [1.29, 1.82) is 0 Å². The highest BCUT2D eigenvalue weighted by Gasteiger charge is 2.38. The van der Waals surface area contributed by atoms with Gasteiger partial charge in [0, 0.05) is 23.8 Å². The van der Waals surface area contributed by atoms with Crippen molar-refractivity contribution in [1.82, 2.24) is 4.90 Å². The third kappa shape index (κ3) is 3.47. The Morgan fingerprint density at radius 3 is 2.44 bits per heavy atom. The van der Waals surface area contributed by atoms with Gasteiger partial charge in [-0.1, -0.05) is 49.0 Å². The number of rotatable bonds is 6. The van der Waals surface area contributed by atoms with Gasteiger partial charge >= 0.3 is 0 Å². The van der Waals surface area contributed by atoms with Crippen LogP contribution in [0.2, 0.25) is 0 Å². The average molecular weight is 290 g/mol. The fourth-order valence-corrected chi connectivity index (χ4v) is 2.94. The zero-order valence-corrected chi connectivity index (χ0v) is 12.2. The Morgan fingerprint density at radius 1 is 1.31 bits per heavy atom. The predicted molar refractivity (Wildman–Crippen MR) is 71.9 cm³/mol. The summed E-state index contributed by atoms with van der Waals surface area (Å²) in [6.45, 7) is 6.11. The highest BCUT2D eigenvalue weighted by Crippen LogP contribution is 2.39. The Labute approximate surface area is 108 Å². The molecule has 0 bridgehead atoms. The number of alkyl halides is 1. The van der Waals surface area contributed by atoms with Crippen molar-refractivity contribution in [2.24, 2.45) is 5.41 Å². The Bertz CT molecular complexity index is 224. The summed E-state index contributed by atoms with van der Waals surface area (Å²) in [5.74, 6) is 0.387. The van der Waals surface area contributed by atoms with Crippen molar-refractivity contribution in [3.63, 3.8) is 0 Å². The van der Waals surface area contributed by atoms with Crippen LogP contribution in [0.4, 0.5) is 0 Å². The van der Waals surface area contributed by atoms with Crippen molar-refractivity contribution >= 4 is 21.8 Å². The van der Waals surface area contributed by atoms with Gasteiger partial charge in [0.05, 0.1) is 0 Å². The first-order chi connectivity index (χ1) is 7.64. The van der Waals surface area contributed by atoms with Crippen LogP contribution in [0.25, 0.3) is 0 Å². The van der Waals surface area contributed by atoms with Crippen LogP contribution in [0.5, 0.6) is 0 Å². The highest BCUT2D eigenvalue weighted by atomic mass is 79.9. The smallest absolute Gasteiger partial charge is 0.228 e. The Kier molecular flexibility index (Phi) is 5.81. The van der Waals surface area contributed by atoms with E-state index in [0.29, 0.717) is 5.91 Å². The summed E-state index contributed by atoms with van der Waals surface area (Å²) in [4.78, 5) is 14.5. The maximum absolute atomic E-state index is 12.5. The molecule has 0 N–H and O–H groups in total. The van der Waals surface area contributed by atoms with Crippen LogP contribution in [-0.4, -0.2) is 29.2 Å². The number of hydrogen-bond donors (Lipinski definition) is 0. The second kappa shape index (κ2) is 6.63. The van der Waals surface area contributed by atoms with Crippen molar-refractivity contribution in [3.05, 3.63) is 0 Å². The lowest BCUT2D eigenvalue weighted by molar-refractivity contribution is -0.140. The van der Waals surface area contributed by atoms with Gasteiger partial charge in [0.15, 0.2) is 0 Å². The largest absolute Gasteiger partial charge is 0.341 e. The lowest BCUT2D eigenvalue weighted by Crippen LogP contribution is -2.42. The van der Waals surface area contributed by atoms with Gasteiger partial charge in [-0.05, 0) is 19.3 Å². The molecule has 0 atom stereocenters. The third-order valence-corrected chi connectivity index (χ3v) is 4.00. The van der Waals surface area contributed by atoms with E-state index in [1.807, 2.05) is 0 Å². The highest BCUT2D eigenvalue weighted by molar-refractivity contribution is 9.09. The fraction of sp³-hybridized carbons (Fsp3) is 0.923. The molecule has 0 saturated heterocycles. The summed E-state index contributed by atoms with van der Waals surface area (Å²) in [6, 6.07) is 0. The minimum Gasteiger partial charge on any atom is -0.341 e. The van der Waals surface area contributed by atoms with E-state index in [-0.39, 0.29) is 5.41 Å². The van der Waals surface area contributed by atoms with Gasteiger partial charge in [0.25, 0.3) is 0 Å². The average Bonchev–Trinajstić information content (AvgIpc) is 2.72. The predicted octanol–water partition coefficient (Wildman–Crippen LogP) is 3.59. The molecule has 0 unspecified atom stereocenters. The van der Waals surface area contributed by atoms with Crippen LogP contribution < -0.4 is 0 Å². The molecule has 16 heavy (non-hydrogen) atoms. The first kappa shape index (κ1) is 14.0. The van der Waals surface area contributed by atoms with Gasteiger partial charge in [0.1, 0.15) is 0 Å². The molecule has 0 spiro atoms. The molecule has 1 rings (SSSR count). The number of carbonyl (C=O) groups excluding carboxylic acids is 1. The van der Waals surface area contributed by atoms with Gasteiger partial charge in [-0.2, -0.15) is 0 Å². The zero-order valence-electron chi connectivity index (χ0n) is 10.6. The molecule has 1 aliphatic rings. The topological polar surface area (TPSA) is 20.3 Å². The van der Waals surface area contributed by atoms with Crippen LogP contribution in [-0.2, 0) is 4.79 Å². The summed E-state index contributed by atoms with van der Waals surface area (Å²) in [5.41, 5.74) is -0.0596. The Morgan fingerprint density at radius 2 is 1.94 bits per heavy atom. The van der Waals surface area contributed by atoms with Crippen LogP contribution in [0.1, 0.15) is 52.4 Å². The normalized spacial score (nSPS) is 18.7. The Balaban J connectivity index is 2.58. The first-order valence-electron chi connectivity index (χ1n) is 6.49. The first-order valence-corrected chi connectivity index (χ1v) is 7.61. The summed E-state index contributed by atoms with van der Waals surface area (Å²) in [5, 5.41) is 0.887. The Hall–Kier alpha value is -0.0500. The molecule has 0 radical (unpaired) electrons. The van der Waals surface area contributed by atoms with Crippen LogP contribution in [0, 0.1) is 5.41 Å². The molecule has 94 valence electrons. The van der Waals surface area contributed by atoms with E-state index in [2.05, 4.69) is 34.7 Å². The summed E-state index contributed by atoms with van der Waals surface area (Å²) < 4.78 is 0. The third-order valence-electron chi connectivity index (χ3n) is 3.65. The SMILES string of the molecule is CCCCN(CCBr)C(=O)C1(C)CCCC1. The molecule has 0 heterocycles. The second-order valence-electron chi connectivity index (χ2n) is 5.10. The second-order valence-corrected chi connectivity index (χ2v) is 5.90. The number of amides is 1. The lowest BCUT2D eigenvalue weighted by atomic mass is 9.87. The van der Waals surface area contributed by atoms with Crippen molar-refractivity contribution in [2.45, 2.75) is 52.4 Å². The molecular weight excluding hydrogens is 266 g/mol. The van der Waals surface area contributed by atoms with Crippen molar-refractivity contribution in [3.8, 4) is 0 Å². The maximum Gasteiger partial charge on any atom is 0.228 e. The van der Waals surface area contributed by atoms with Gasteiger partial charge in [-0.3, -0.25) is 4.79 Å². The molecule has 0 aromatic rings. The molecule has 0 aliphatic heterocycles. The van der Waals surface area contributed by atoms with Crippen LogP contribution in [0.3, 0.4) is 0 Å². The monoisotopic (exact) mass is 289 g/mol. The van der Waals surface area contributed by atoms with E-state index in [4.69, 9.17) is 0 Å². The molecular formula is C13H24BrNO. The molecule has 3 heteroatoms. The van der Waals surface area contributed by atoms with Gasteiger partial charge < -0.3 is 4.90 Å². The van der Waals surface area contributed by atoms with E-state index in [0.717, 1.165) is 44.1 Å². The molecule has 1 saturated carbocycles. The van der Waals surface area contributed by atoms with Crippen molar-refractivity contribution < 1.29 is 4.79 Å². The van der Waals surface area contributed by atoms with Crippen molar-refractivity contribution in [2.75, 3.05) is 18.4 Å². The summed E-state index contributed by atoms with van der Waals surface area (Å²) >= 11 is 3.44. The van der Waals surface area contributed by atoms with Crippen LogP contribution >= 0.6 is 15.9 Å². The van der Waals surface area contributed by atoms with Crippen LogP contribution in [0.15, 0.2) is 0 Å². The van der Waals surface area contributed by atoms with E-state index in [1.54, 1.807) is 0 Å². The van der Waals surface area contributed by atoms with E-state index < -0.39 is 0 Å². The zero-order chi connectivity index (χ0) is 12.0. The molecule has 1 aliphatic carbocycles. The lowest BCUT2D eigenvalue weighted by Gasteiger charge is -2.31. The fourth-order valence-electron chi connectivity index (χ4n) is 2.52. The van der Waals surface area contributed by atoms with Gasteiger partial charge in [-0.25, -0.2) is 0 Å². The molecule has 1 amide bonds. The number of halogens is 1. The van der Waals surface area contributed by atoms with E-state index in [9.17, 15) is 4.79 Å². The molecule has 0 aromatic carbocycles. The molecule has 2 nitrogen and oxygen atoms in total. The number of nitrogens with zero attached hydrogens (tertiary/aromatic N) is 1. The van der Waals surface area contributed by atoms with Gasteiger partial charge in [0.2, 0.25) is 5.91 Å². The van der Waals surface area contributed by atoms with E-state index in [1.165, 1.54) is 12.8 Å². The summed E-state index contributed by atoms with van der Waals surface area (Å²) in [7, 11) is 0. The van der Waals surface area contributed by atoms with E-state index >= 15 is 0 Å². The minimum atomic E-state index is -0.0596. The standard InChI is InChI=1S/C13H24BrNO/c1-3-4-10-15(11-9-14)12(16)13(2)7-5-6-8-13/h3-11H2,1-2H3. The molecule has 1 fully saturated rings. The van der Waals surface area contributed by atoms with Gasteiger partial charge in [-0.15, -0.1) is 0 Å². The minimum absolute atomic E-state index is 0.0596. The number of carbonyl (C=O) groups is 1. The summed E-state index contributed by atoms with van der Waals surface area (Å²) in [6.07, 6.45) is 6.88.